The molecule has 0 aromatic carbocycles. The Morgan fingerprint density at radius 1 is 1.46 bits per heavy atom. The van der Waals surface area contributed by atoms with Crippen molar-refractivity contribution in [3.05, 3.63) is 0 Å². The SMILES string of the molecule is CC(C)(C)OCC1(C)CNCCO1. The van der Waals surface area contributed by atoms with Gasteiger partial charge in [-0.15, -0.1) is 0 Å². The summed E-state index contributed by atoms with van der Waals surface area (Å²) in [4.78, 5) is 0. The molecule has 0 amide bonds. The van der Waals surface area contributed by atoms with Crippen molar-refractivity contribution in [2.45, 2.75) is 38.9 Å². The second kappa shape index (κ2) is 3.95. The lowest BCUT2D eigenvalue weighted by Crippen LogP contribution is -2.51. The van der Waals surface area contributed by atoms with E-state index >= 15 is 0 Å². The van der Waals surface area contributed by atoms with Crippen molar-refractivity contribution >= 4 is 0 Å². The van der Waals surface area contributed by atoms with Crippen LogP contribution in [-0.4, -0.2) is 37.5 Å². The number of morpholine rings is 1. The van der Waals surface area contributed by atoms with Gasteiger partial charge in [0.1, 0.15) is 5.60 Å². The Labute approximate surface area is 80.8 Å². The fraction of sp³-hybridized carbons (Fsp3) is 1.00. The van der Waals surface area contributed by atoms with Crippen LogP contribution in [0.1, 0.15) is 27.7 Å². The van der Waals surface area contributed by atoms with Gasteiger partial charge in [-0.25, -0.2) is 0 Å². The van der Waals surface area contributed by atoms with E-state index < -0.39 is 0 Å². The topological polar surface area (TPSA) is 30.5 Å². The zero-order valence-corrected chi connectivity index (χ0v) is 9.14. The predicted octanol–water partition coefficient (Wildman–Crippen LogP) is 1.18. The smallest absolute Gasteiger partial charge is 0.101 e. The van der Waals surface area contributed by atoms with Gasteiger partial charge in [-0.1, -0.05) is 0 Å². The highest BCUT2D eigenvalue weighted by molar-refractivity contribution is 4.82. The number of hydrogen-bond donors (Lipinski definition) is 1. The van der Waals surface area contributed by atoms with Crippen molar-refractivity contribution < 1.29 is 9.47 Å². The molecule has 3 heteroatoms. The van der Waals surface area contributed by atoms with Crippen LogP contribution in [0.5, 0.6) is 0 Å². The number of rotatable bonds is 2. The number of hydrogen-bond acceptors (Lipinski definition) is 3. The Morgan fingerprint density at radius 3 is 2.62 bits per heavy atom. The van der Waals surface area contributed by atoms with Crippen LogP contribution < -0.4 is 5.32 Å². The van der Waals surface area contributed by atoms with Crippen molar-refractivity contribution in [3.8, 4) is 0 Å². The van der Waals surface area contributed by atoms with Crippen LogP contribution in [-0.2, 0) is 9.47 Å². The second-order valence-corrected chi connectivity index (χ2v) is 4.88. The molecule has 0 saturated carbocycles. The molecule has 3 nitrogen and oxygen atoms in total. The summed E-state index contributed by atoms with van der Waals surface area (Å²) < 4.78 is 11.4. The fourth-order valence-electron chi connectivity index (χ4n) is 1.24. The van der Waals surface area contributed by atoms with E-state index in [1.807, 2.05) is 0 Å². The Bertz CT molecular complexity index is 157. The zero-order chi connectivity index (χ0) is 9.95. The lowest BCUT2D eigenvalue weighted by atomic mass is 10.1. The van der Waals surface area contributed by atoms with E-state index in [0.29, 0.717) is 6.61 Å². The number of ether oxygens (including phenoxy) is 2. The first-order chi connectivity index (χ1) is 5.91. The maximum absolute atomic E-state index is 5.71. The molecule has 13 heavy (non-hydrogen) atoms. The van der Waals surface area contributed by atoms with Crippen molar-refractivity contribution in [3.63, 3.8) is 0 Å². The highest BCUT2D eigenvalue weighted by Crippen LogP contribution is 2.17. The molecular formula is C10H21NO2. The number of nitrogens with one attached hydrogen (secondary N) is 1. The highest BCUT2D eigenvalue weighted by atomic mass is 16.6. The van der Waals surface area contributed by atoms with Crippen molar-refractivity contribution in [1.29, 1.82) is 0 Å². The first-order valence-electron chi connectivity index (χ1n) is 4.90. The van der Waals surface area contributed by atoms with Crippen LogP contribution in [0.15, 0.2) is 0 Å². The van der Waals surface area contributed by atoms with Gasteiger partial charge in [0.2, 0.25) is 0 Å². The highest BCUT2D eigenvalue weighted by Gasteiger charge is 2.29. The zero-order valence-electron chi connectivity index (χ0n) is 9.14. The van der Waals surface area contributed by atoms with Crippen LogP contribution in [0.4, 0.5) is 0 Å². The summed E-state index contributed by atoms with van der Waals surface area (Å²) in [7, 11) is 0. The predicted molar refractivity (Wildman–Crippen MR) is 52.9 cm³/mol. The Hall–Kier alpha value is -0.120. The molecule has 0 bridgehead atoms. The van der Waals surface area contributed by atoms with Crippen molar-refractivity contribution in [2.24, 2.45) is 0 Å². The average molecular weight is 187 g/mol. The first kappa shape index (κ1) is 11.0. The standard InChI is InChI=1S/C10H21NO2/c1-9(2,3)13-8-10(4)7-11-5-6-12-10/h11H,5-8H2,1-4H3. The minimum absolute atomic E-state index is 0.0795. The third-order valence-electron chi connectivity index (χ3n) is 2.04. The molecule has 1 rings (SSSR count). The van der Waals surface area contributed by atoms with Gasteiger partial charge in [-0.3, -0.25) is 0 Å². The maximum Gasteiger partial charge on any atom is 0.101 e. The van der Waals surface area contributed by atoms with Gasteiger partial charge in [0.25, 0.3) is 0 Å². The summed E-state index contributed by atoms with van der Waals surface area (Å²) in [6.45, 7) is 11.5. The third kappa shape index (κ3) is 4.07. The minimum Gasteiger partial charge on any atom is -0.373 e. The molecule has 1 fully saturated rings. The molecular weight excluding hydrogens is 166 g/mol. The molecule has 1 N–H and O–H groups in total. The van der Waals surface area contributed by atoms with Gasteiger partial charge in [0.05, 0.1) is 18.8 Å². The molecule has 1 unspecified atom stereocenters. The molecule has 78 valence electrons. The van der Waals surface area contributed by atoms with Gasteiger partial charge in [-0.05, 0) is 27.7 Å². The third-order valence-corrected chi connectivity index (χ3v) is 2.04. The van der Waals surface area contributed by atoms with Crippen LogP contribution in [0.3, 0.4) is 0 Å². The second-order valence-electron chi connectivity index (χ2n) is 4.88. The van der Waals surface area contributed by atoms with E-state index in [-0.39, 0.29) is 11.2 Å². The van der Waals surface area contributed by atoms with Crippen LogP contribution >= 0.6 is 0 Å². The van der Waals surface area contributed by atoms with E-state index in [2.05, 4.69) is 33.0 Å². The van der Waals surface area contributed by atoms with Gasteiger partial charge in [-0.2, -0.15) is 0 Å². The summed E-state index contributed by atoms with van der Waals surface area (Å²) in [5, 5.41) is 3.31. The van der Waals surface area contributed by atoms with Crippen LogP contribution in [0.25, 0.3) is 0 Å². The molecule has 0 spiro atoms. The Kier molecular flexibility index (Phi) is 3.33. The van der Waals surface area contributed by atoms with Crippen LogP contribution in [0, 0.1) is 0 Å². The average Bonchev–Trinajstić information content (AvgIpc) is 2.02. The molecule has 1 saturated heterocycles. The monoisotopic (exact) mass is 187 g/mol. The summed E-state index contributed by atoms with van der Waals surface area (Å²) >= 11 is 0. The first-order valence-corrected chi connectivity index (χ1v) is 4.90. The largest absolute Gasteiger partial charge is 0.373 e. The van der Waals surface area contributed by atoms with E-state index in [9.17, 15) is 0 Å². The van der Waals surface area contributed by atoms with E-state index in [1.165, 1.54) is 0 Å². The molecule has 0 aromatic heterocycles. The maximum atomic E-state index is 5.71. The van der Waals surface area contributed by atoms with E-state index in [1.54, 1.807) is 0 Å². The van der Waals surface area contributed by atoms with E-state index in [4.69, 9.17) is 9.47 Å². The molecule has 0 aliphatic carbocycles. The quantitative estimate of drug-likeness (QED) is 0.704. The molecule has 1 heterocycles. The molecule has 0 aromatic rings. The van der Waals surface area contributed by atoms with Crippen molar-refractivity contribution in [1.82, 2.24) is 5.32 Å². The minimum atomic E-state index is -0.147. The Balaban J connectivity index is 2.33. The Morgan fingerprint density at radius 2 is 2.15 bits per heavy atom. The van der Waals surface area contributed by atoms with Gasteiger partial charge < -0.3 is 14.8 Å². The van der Waals surface area contributed by atoms with Crippen LogP contribution in [0.2, 0.25) is 0 Å². The van der Waals surface area contributed by atoms with Gasteiger partial charge in [0.15, 0.2) is 0 Å². The van der Waals surface area contributed by atoms with Crippen molar-refractivity contribution in [2.75, 3.05) is 26.3 Å². The fourth-order valence-corrected chi connectivity index (χ4v) is 1.24. The summed E-state index contributed by atoms with van der Waals surface area (Å²) in [5.74, 6) is 0. The van der Waals surface area contributed by atoms with E-state index in [0.717, 1.165) is 19.7 Å². The lowest BCUT2D eigenvalue weighted by Gasteiger charge is -2.36. The molecule has 1 aliphatic heterocycles. The lowest BCUT2D eigenvalue weighted by molar-refractivity contribution is -0.132. The summed E-state index contributed by atoms with van der Waals surface area (Å²) in [6.07, 6.45) is 0. The normalized spacial score (nSPS) is 30.5. The summed E-state index contributed by atoms with van der Waals surface area (Å²) in [6, 6.07) is 0. The summed E-state index contributed by atoms with van der Waals surface area (Å²) in [5.41, 5.74) is -0.227. The molecule has 0 radical (unpaired) electrons. The molecule has 1 atom stereocenters. The molecule has 1 aliphatic rings. The van der Waals surface area contributed by atoms with Gasteiger partial charge in [0, 0.05) is 13.1 Å². The van der Waals surface area contributed by atoms with Gasteiger partial charge >= 0.3 is 0 Å².